The first-order valence-corrected chi connectivity index (χ1v) is 6.59. The maximum atomic E-state index is 12.1. The number of carboxylic acids is 1. The van der Waals surface area contributed by atoms with Crippen LogP contribution in [0.2, 0.25) is 0 Å². The highest BCUT2D eigenvalue weighted by molar-refractivity contribution is 5.99. The highest BCUT2D eigenvalue weighted by Crippen LogP contribution is 2.18. The number of anilines is 1. The van der Waals surface area contributed by atoms with Gasteiger partial charge in [-0.15, -0.1) is 0 Å². The monoisotopic (exact) mass is 264 g/mol. The van der Waals surface area contributed by atoms with Crippen LogP contribution < -0.4 is 5.32 Å². The Bertz CT molecular complexity index is 440. The maximum absolute atomic E-state index is 12.1. The lowest BCUT2D eigenvalue weighted by molar-refractivity contribution is -0.120. The van der Waals surface area contributed by atoms with Crippen molar-refractivity contribution in [2.75, 3.05) is 5.32 Å². The average Bonchev–Trinajstić information content (AvgIpc) is 2.38. The molecule has 19 heavy (non-hydrogen) atoms. The molecule has 5 heteroatoms. The van der Waals surface area contributed by atoms with Gasteiger partial charge in [-0.1, -0.05) is 26.7 Å². The predicted octanol–water partition coefficient (Wildman–Crippen LogP) is 2.93. The highest BCUT2D eigenvalue weighted by atomic mass is 16.4. The third-order valence-electron chi connectivity index (χ3n) is 2.91. The molecule has 2 N–H and O–H groups in total. The van der Waals surface area contributed by atoms with E-state index in [-0.39, 0.29) is 23.2 Å². The molecule has 104 valence electrons. The van der Waals surface area contributed by atoms with Crippen molar-refractivity contribution in [1.29, 1.82) is 0 Å². The number of hydrogen-bond donors (Lipinski definition) is 2. The summed E-state index contributed by atoms with van der Waals surface area (Å²) >= 11 is 0. The fraction of sp³-hybridized carbons (Fsp3) is 0.500. The molecular formula is C14H20N2O3. The van der Waals surface area contributed by atoms with Crippen molar-refractivity contribution >= 4 is 17.6 Å². The minimum Gasteiger partial charge on any atom is -0.476 e. The van der Waals surface area contributed by atoms with Gasteiger partial charge in [0.25, 0.3) is 0 Å². The molecule has 0 aromatic carbocycles. The number of aromatic nitrogens is 1. The van der Waals surface area contributed by atoms with Gasteiger partial charge in [0.15, 0.2) is 5.69 Å². The maximum Gasteiger partial charge on any atom is 0.356 e. The summed E-state index contributed by atoms with van der Waals surface area (Å²) in [5.74, 6) is -1.34. The Hall–Kier alpha value is -1.91. The van der Waals surface area contributed by atoms with Gasteiger partial charge in [0.1, 0.15) is 0 Å². The van der Waals surface area contributed by atoms with E-state index < -0.39 is 5.97 Å². The average molecular weight is 264 g/mol. The molecule has 0 atom stereocenters. The van der Waals surface area contributed by atoms with Gasteiger partial charge in [-0.05, 0) is 25.0 Å². The number of aromatic carboxylic acids is 1. The Morgan fingerprint density at radius 2 is 1.95 bits per heavy atom. The molecule has 0 unspecified atom stereocenters. The first kappa shape index (κ1) is 15.1. The van der Waals surface area contributed by atoms with Crippen LogP contribution in [0.5, 0.6) is 0 Å². The van der Waals surface area contributed by atoms with Gasteiger partial charge >= 0.3 is 5.97 Å². The SMILES string of the molecule is CCCC(CCC)C(=O)Nc1cccnc1C(=O)O. The van der Waals surface area contributed by atoms with E-state index >= 15 is 0 Å². The minimum atomic E-state index is -1.14. The molecule has 1 aromatic heterocycles. The first-order chi connectivity index (χ1) is 9.10. The molecule has 1 amide bonds. The molecule has 0 fully saturated rings. The molecule has 1 heterocycles. The number of carbonyl (C=O) groups is 2. The van der Waals surface area contributed by atoms with Crippen LogP contribution in [-0.4, -0.2) is 22.0 Å². The van der Waals surface area contributed by atoms with Crippen LogP contribution in [0.1, 0.15) is 50.0 Å². The topological polar surface area (TPSA) is 79.3 Å². The van der Waals surface area contributed by atoms with Crippen molar-refractivity contribution < 1.29 is 14.7 Å². The molecule has 0 saturated carbocycles. The zero-order valence-electron chi connectivity index (χ0n) is 11.3. The summed E-state index contributed by atoms with van der Waals surface area (Å²) in [5.41, 5.74) is 0.139. The van der Waals surface area contributed by atoms with Gasteiger partial charge in [0.2, 0.25) is 5.91 Å². The van der Waals surface area contributed by atoms with E-state index in [4.69, 9.17) is 5.11 Å². The van der Waals surface area contributed by atoms with E-state index in [1.54, 1.807) is 12.1 Å². The quantitative estimate of drug-likeness (QED) is 0.793. The molecule has 0 bridgehead atoms. The van der Waals surface area contributed by atoms with Crippen molar-refractivity contribution in [3.8, 4) is 0 Å². The number of nitrogens with zero attached hydrogens (tertiary/aromatic N) is 1. The van der Waals surface area contributed by atoms with E-state index in [9.17, 15) is 9.59 Å². The number of pyridine rings is 1. The number of hydrogen-bond acceptors (Lipinski definition) is 3. The van der Waals surface area contributed by atoms with Crippen molar-refractivity contribution in [2.24, 2.45) is 5.92 Å². The summed E-state index contributed by atoms with van der Waals surface area (Å²) in [6.45, 7) is 4.06. The van der Waals surface area contributed by atoms with Gasteiger partial charge in [0.05, 0.1) is 5.69 Å². The van der Waals surface area contributed by atoms with Crippen LogP contribution in [0.4, 0.5) is 5.69 Å². The van der Waals surface area contributed by atoms with Crippen LogP contribution in [0.3, 0.4) is 0 Å². The van der Waals surface area contributed by atoms with Crippen molar-refractivity contribution in [3.63, 3.8) is 0 Å². The zero-order chi connectivity index (χ0) is 14.3. The second-order valence-corrected chi connectivity index (χ2v) is 4.47. The lowest BCUT2D eigenvalue weighted by Gasteiger charge is -2.15. The van der Waals surface area contributed by atoms with Crippen LogP contribution in [0, 0.1) is 5.92 Å². The molecule has 1 aromatic rings. The van der Waals surface area contributed by atoms with Crippen LogP contribution in [-0.2, 0) is 4.79 Å². The Morgan fingerprint density at radius 1 is 1.32 bits per heavy atom. The molecule has 0 aliphatic rings. The first-order valence-electron chi connectivity index (χ1n) is 6.59. The Morgan fingerprint density at radius 3 is 2.47 bits per heavy atom. The summed E-state index contributed by atoms with van der Waals surface area (Å²) in [7, 11) is 0. The summed E-state index contributed by atoms with van der Waals surface area (Å²) in [6, 6.07) is 3.17. The summed E-state index contributed by atoms with van der Waals surface area (Å²) < 4.78 is 0. The van der Waals surface area contributed by atoms with Gasteiger partial charge in [-0.3, -0.25) is 4.79 Å². The molecule has 0 radical (unpaired) electrons. The standard InChI is InChI=1S/C14H20N2O3/c1-3-6-10(7-4-2)13(17)16-11-8-5-9-15-12(11)14(18)19/h5,8-10H,3-4,6-7H2,1-2H3,(H,16,17)(H,18,19). The number of amides is 1. The smallest absolute Gasteiger partial charge is 0.356 e. The van der Waals surface area contributed by atoms with E-state index in [0.717, 1.165) is 25.7 Å². The number of rotatable bonds is 7. The summed E-state index contributed by atoms with van der Waals surface area (Å²) in [5, 5.41) is 11.7. The second kappa shape index (κ2) is 7.51. The molecular weight excluding hydrogens is 244 g/mol. The fourth-order valence-electron chi connectivity index (χ4n) is 2.01. The number of carboxylic acid groups (broad SMARTS) is 1. The van der Waals surface area contributed by atoms with E-state index in [1.807, 2.05) is 13.8 Å². The van der Waals surface area contributed by atoms with Crippen molar-refractivity contribution in [3.05, 3.63) is 24.0 Å². The highest BCUT2D eigenvalue weighted by Gasteiger charge is 2.19. The van der Waals surface area contributed by atoms with Crippen LogP contribution in [0.25, 0.3) is 0 Å². The largest absolute Gasteiger partial charge is 0.476 e. The van der Waals surface area contributed by atoms with Gasteiger partial charge < -0.3 is 10.4 Å². The fourth-order valence-corrected chi connectivity index (χ4v) is 2.01. The Balaban J connectivity index is 2.83. The number of nitrogens with one attached hydrogen (secondary N) is 1. The lowest BCUT2D eigenvalue weighted by atomic mass is 9.97. The Kier molecular flexibility index (Phi) is 5.99. The van der Waals surface area contributed by atoms with Crippen molar-refractivity contribution in [1.82, 2.24) is 4.98 Å². The minimum absolute atomic E-state index is 0.0724. The van der Waals surface area contributed by atoms with E-state index in [1.165, 1.54) is 6.20 Å². The van der Waals surface area contributed by atoms with E-state index in [0.29, 0.717) is 0 Å². The van der Waals surface area contributed by atoms with Gasteiger partial charge in [0, 0.05) is 12.1 Å². The summed E-state index contributed by atoms with van der Waals surface area (Å²) in [4.78, 5) is 26.9. The predicted molar refractivity (Wildman–Crippen MR) is 73.1 cm³/mol. The second-order valence-electron chi connectivity index (χ2n) is 4.47. The zero-order valence-corrected chi connectivity index (χ0v) is 11.3. The lowest BCUT2D eigenvalue weighted by Crippen LogP contribution is -2.24. The normalized spacial score (nSPS) is 10.5. The van der Waals surface area contributed by atoms with Crippen LogP contribution >= 0.6 is 0 Å². The van der Waals surface area contributed by atoms with E-state index in [2.05, 4.69) is 10.3 Å². The summed E-state index contributed by atoms with van der Waals surface area (Å²) in [6.07, 6.45) is 4.87. The molecule has 0 aliphatic carbocycles. The van der Waals surface area contributed by atoms with Gasteiger partial charge in [-0.2, -0.15) is 0 Å². The number of carbonyl (C=O) groups excluding carboxylic acids is 1. The Labute approximate surface area is 113 Å². The molecule has 0 saturated heterocycles. The molecule has 0 aliphatic heterocycles. The third-order valence-corrected chi connectivity index (χ3v) is 2.91. The molecule has 1 rings (SSSR count). The molecule has 5 nitrogen and oxygen atoms in total. The van der Waals surface area contributed by atoms with Crippen LogP contribution in [0.15, 0.2) is 18.3 Å². The van der Waals surface area contributed by atoms with Gasteiger partial charge in [-0.25, -0.2) is 9.78 Å². The van der Waals surface area contributed by atoms with Crippen molar-refractivity contribution in [2.45, 2.75) is 39.5 Å². The molecule has 0 spiro atoms. The third kappa shape index (κ3) is 4.35.